The molecule has 0 radical (unpaired) electrons. The summed E-state index contributed by atoms with van der Waals surface area (Å²) in [5.74, 6) is 0.939. The summed E-state index contributed by atoms with van der Waals surface area (Å²) in [7, 11) is 1.95. The number of hydrogen-bond donors (Lipinski definition) is 2. The molecule has 6 nitrogen and oxygen atoms in total. The SMILES string of the molecule is CCC(NC(=O)C1CCc2cnn(C)c2C1)c1nc2ccccc2[nH]1. The van der Waals surface area contributed by atoms with E-state index in [0.717, 1.165) is 42.5 Å². The molecular formula is C19H23N5O. The molecule has 2 aromatic heterocycles. The topological polar surface area (TPSA) is 75.6 Å². The lowest BCUT2D eigenvalue weighted by molar-refractivity contribution is -0.126. The van der Waals surface area contributed by atoms with Crippen molar-refractivity contribution >= 4 is 16.9 Å². The Kier molecular flexibility index (Phi) is 4.03. The number of amides is 1. The Bertz CT molecular complexity index is 877. The van der Waals surface area contributed by atoms with Crippen LogP contribution in [-0.4, -0.2) is 25.7 Å². The third-order valence-corrected chi connectivity index (χ3v) is 5.18. The number of nitrogens with one attached hydrogen (secondary N) is 2. The number of para-hydroxylation sites is 2. The second-order valence-corrected chi connectivity index (χ2v) is 6.79. The zero-order valence-corrected chi connectivity index (χ0v) is 14.6. The molecule has 1 aliphatic carbocycles. The number of aryl methyl sites for hydroxylation is 2. The highest BCUT2D eigenvalue weighted by Crippen LogP contribution is 2.26. The van der Waals surface area contributed by atoms with E-state index in [1.54, 1.807) is 0 Å². The normalized spacial score (nSPS) is 18.1. The second-order valence-electron chi connectivity index (χ2n) is 6.79. The molecule has 1 aliphatic rings. The van der Waals surface area contributed by atoms with E-state index < -0.39 is 0 Å². The van der Waals surface area contributed by atoms with E-state index in [0.29, 0.717) is 0 Å². The minimum Gasteiger partial charge on any atom is -0.346 e. The molecule has 4 rings (SSSR count). The third kappa shape index (κ3) is 2.92. The lowest BCUT2D eigenvalue weighted by atomic mass is 9.87. The first kappa shape index (κ1) is 15.9. The van der Waals surface area contributed by atoms with Gasteiger partial charge in [0.15, 0.2) is 0 Å². The number of aromatic amines is 1. The largest absolute Gasteiger partial charge is 0.346 e. The highest BCUT2D eigenvalue weighted by Gasteiger charge is 2.28. The van der Waals surface area contributed by atoms with Crippen LogP contribution in [0.1, 0.15) is 42.9 Å². The van der Waals surface area contributed by atoms with E-state index in [1.807, 2.05) is 42.2 Å². The first-order valence-electron chi connectivity index (χ1n) is 8.90. The maximum absolute atomic E-state index is 12.8. The van der Waals surface area contributed by atoms with Gasteiger partial charge in [-0.1, -0.05) is 19.1 Å². The summed E-state index contributed by atoms with van der Waals surface area (Å²) in [6.45, 7) is 2.07. The van der Waals surface area contributed by atoms with E-state index in [4.69, 9.17) is 0 Å². The van der Waals surface area contributed by atoms with Gasteiger partial charge in [0.25, 0.3) is 0 Å². The van der Waals surface area contributed by atoms with Gasteiger partial charge in [0, 0.05) is 25.1 Å². The van der Waals surface area contributed by atoms with Crippen LogP contribution in [0.4, 0.5) is 0 Å². The Labute approximate surface area is 146 Å². The van der Waals surface area contributed by atoms with Crippen LogP contribution in [0.15, 0.2) is 30.5 Å². The molecule has 6 heteroatoms. The molecule has 0 saturated heterocycles. The third-order valence-electron chi connectivity index (χ3n) is 5.18. The number of H-pyrrole nitrogens is 1. The molecule has 1 aromatic carbocycles. The molecule has 0 saturated carbocycles. The quantitative estimate of drug-likeness (QED) is 0.768. The van der Waals surface area contributed by atoms with Gasteiger partial charge in [-0.2, -0.15) is 5.10 Å². The average Bonchev–Trinajstić information content (AvgIpc) is 3.23. The lowest BCUT2D eigenvalue weighted by Crippen LogP contribution is -2.37. The number of carbonyl (C=O) groups is 1. The number of imidazole rings is 1. The predicted octanol–water partition coefficient (Wildman–Crippen LogP) is 2.67. The van der Waals surface area contributed by atoms with Crippen LogP contribution in [0.5, 0.6) is 0 Å². The van der Waals surface area contributed by atoms with Crippen molar-refractivity contribution in [3.63, 3.8) is 0 Å². The smallest absolute Gasteiger partial charge is 0.224 e. The first-order chi connectivity index (χ1) is 12.2. The molecule has 1 amide bonds. The standard InChI is InChI=1S/C19H23N5O/c1-3-14(18-21-15-6-4-5-7-16(15)22-18)23-19(25)12-8-9-13-11-20-24(2)17(13)10-12/h4-7,11-12,14H,3,8-10H2,1-2H3,(H,21,22)(H,23,25). The van der Waals surface area contributed by atoms with Crippen molar-refractivity contribution in [1.29, 1.82) is 0 Å². The molecular weight excluding hydrogens is 314 g/mol. The summed E-state index contributed by atoms with van der Waals surface area (Å²) >= 11 is 0. The maximum Gasteiger partial charge on any atom is 0.224 e. The van der Waals surface area contributed by atoms with Crippen LogP contribution in [0, 0.1) is 5.92 Å². The van der Waals surface area contributed by atoms with Gasteiger partial charge in [0.05, 0.1) is 23.3 Å². The highest BCUT2D eigenvalue weighted by atomic mass is 16.1. The van der Waals surface area contributed by atoms with Crippen LogP contribution >= 0.6 is 0 Å². The Balaban J connectivity index is 1.50. The van der Waals surface area contributed by atoms with Gasteiger partial charge in [0.1, 0.15) is 5.82 Å². The van der Waals surface area contributed by atoms with Crippen molar-refractivity contribution in [2.45, 2.75) is 38.6 Å². The average molecular weight is 337 g/mol. The maximum atomic E-state index is 12.8. The molecule has 0 fully saturated rings. The zero-order valence-electron chi connectivity index (χ0n) is 14.6. The van der Waals surface area contributed by atoms with Gasteiger partial charge in [-0.3, -0.25) is 9.48 Å². The fourth-order valence-electron chi connectivity index (χ4n) is 3.66. The van der Waals surface area contributed by atoms with Crippen LogP contribution in [0.25, 0.3) is 11.0 Å². The van der Waals surface area contributed by atoms with E-state index in [-0.39, 0.29) is 17.9 Å². The van der Waals surface area contributed by atoms with Crippen molar-refractivity contribution in [1.82, 2.24) is 25.1 Å². The van der Waals surface area contributed by atoms with E-state index in [2.05, 4.69) is 27.3 Å². The summed E-state index contributed by atoms with van der Waals surface area (Å²) in [5.41, 5.74) is 4.39. The summed E-state index contributed by atoms with van der Waals surface area (Å²) in [6.07, 6.45) is 5.28. The minimum absolute atomic E-state index is 0.00123. The summed E-state index contributed by atoms with van der Waals surface area (Å²) in [6, 6.07) is 7.85. The Morgan fingerprint density at radius 2 is 2.28 bits per heavy atom. The number of hydrogen-bond acceptors (Lipinski definition) is 3. The van der Waals surface area contributed by atoms with Crippen molar-refractivity contribution in [2.75, 3.05) is 0 Å². The van der Waals surface area contributed by atoms with Crippen LogP contribution < -0.4 is 5.32 Å². The van der Waals surface area contributed by atoms with Gasteiger partial charge < -0.3 is 10.3 Å². The molecule has 2 heterocycles. The first-order valence-corrected chi connectivity index (χ1v) is 8.90. The molecule has 0 bridgehead atoms. The van der Waals surface area contributed by atoms with Gasteiger partial charge in [-0.05, 0) is 37.0 Å². The van der Waals surface area contributed by atoms with Crippen LogP contribution in [-0.2, 0) is 24.7 Å². The number of rotatable bonds is 4. The molecule has 3 aromatic rings. The fourth-order valence-corrected chi connectivity index (χ4v) is 3.66. The van der Waals surface area contributed by atoms with Crippen LogP contribution in [0.2, 0.25) is 0 Å². The van der Waals surface area contributed by atoms with E-state index in [1.165, 1.54) is 11.3 Å². The number of aromatic nitrogens is 4. The molecule has 130 valence electrons. The van der Waals surface area contributed by atoms with Crippen molar-refractivity contribution in [3.8, 4) is 0 Å². The Hall–Kier alpha value is -2.63. The van der Waals surface area contributed by atoms with Gasteiger partial charge >= 0.3 is 0 Å². The summed E-state index contributed by atoms with van der Waals surface area (Å²) in [5, 5.41) is 7.50. The molecule has 0 aliphatic heterocycles. The molecule has 25 heavy (non-hydrogen) atoms. The van der Waals surface area contributed by atoms with Crippen LogP contribution in [0.3, 0.4) is 0 Å². The summed E-state index contributed by atoms with van der Waals surface area (Å²) in [4.78, 5) is 20.8. The molecule has 2 atom stereocenters. The zero-order chi connectivity index (χ0) is 17.4. The number of nitrogens with zero attached hydrogens (tertiary/aromatic N) is 3. The highest BCUT2D eigenvalue weighted by molar-refractivity contribution is 5.80. The van der Waals surface area contributed by atoms with E-state index in [9.17, 15) is 4.79 Å². The van der Waals surface area contributed by atoms with Gasteiger partial charge in [0.2, 0.25) is 5.91 Å². The Morgan fingerprint density at radius 3 is 3.08 bits per heavy atom. The molecule has 0 spiro atoms. The predicted molar refractivity (Wildman–Crippen MR) is 96.0 cm³/mol. The number of fused-ring (bicyclic) bond motifs is 2. The molecule has 2 unspecified atom stereocenters. The minimum atomic E-state index is -0.0900. The Morgan fingerprint density at radius 1 is 1.44 bits per heavy atom. The number of benzene rings is 1. The lowest BCUT2D eigenvalue weighted by Gasteiger charge is -2.24. The fraction of sp³-hybridized carbons (Fsp3) is 0.421. The van der Waals surface area contributed by atoms with Gasteiger partial charge in [-0.25, -0.2) is 4.98 Å². The monoisotopic (exact) mass is 337 g/mol. The second kappa shape index (κ2) is 6.35. The summed E-state index contributed by atoms with van der Waals surface area (Å²) < 4.78 is 1.89. The van der Waals surface area contributed by atoms with Crippen molar-refractivity contribution in [2.24, 2.45) is 13.0 Å². The van der Waals surface area contributed by atoms with Gasteiger partial charge in [-0.15, -0.1) is 0 Å². The van der Waals surface area contributed by atoms with Crippen molar-refractivity contribution < 1.29 is 4.79 Å². The number of carbonyl (C=O) groups excluding carboxylic acids is 1. The van der Waals surface area contributed by atoms with Crippen molar-refractivity contribution in [3.05, 3.63) is 47.5 Å². The van der Waals surface area contributed by atoms with E-state index >= 15 is 0 Å². The molecule has 2 N–H and O–H groups in total.